The quantitative estimate of drug-likeness (QED) is 0.547. The Morgan fingerprint density at radius 1 is 1.33 bits per heavy atom. The van der Waals surface area contributed by atoms with E-state index in [1.54, 1.807) is 11.1 Å². The lowest BCUT2D eigenvalue weighted by atomic mass is 9.96. The van der Waals surface area contributed by atoms with E-state index in [1.807, 2.05) is 0 Å². The third kappa shape index (κ3) is 2.51. The van der Waals surface area contributed by atoms with E-state index in [9.17, 15) is 0 Å². The zero-order chi connectivity index (χ0) is 8.97. The van der Waals surface area contributed by atoms with E-state index in [-0.39, 0.29) is 0 Å². The van der Waals surface area contributed by atoms with Crippen molar-refractivity contribution in [3.8, 4) is 0 Å². The summed E-state index contributed by atoms with van der Waals surface area (Å²) >= 11 is 0. The van der Waals surface area contributed by atoms with Crippen LogP contribution in [0.2, 0.25) is 0 Å². The lowest BCUT2D eigenvalue weighted by Gasteiger charge is -2.10. The van der Waals surface area contributed by atoms with E-state index in [0.29, 0.717) is 5.92 Å². The predicted molar refractivity (Wildman–Crippen MR) is 55.1 cm³/mol. The van der Waals surface area contributed by atoms with Gasteiger partial charge in [-0.25, -0.2) is 0 Å². The van der Waals surface area contributed by atoms with Crippen molar-refractivity contribution in [3.05, 3.63) is 23.3 Å². The summed E-state index contributed by atoms with van der Waals surface area (Å²) in [5.74, 6) is 0.711. The second kappa shape index (κ2) is 4.49. The molecule has 12 heavy (non-hydrogen) atoms. The molecule has 0 unspecified atom stereocenters. The van der Waals surface area contributed by atoms with Crippen LogP contribution in [0.4, 0.5) is 0 Å². The minimum absolute atomic E-state index is 0.711. The van der Waals surface area contributed by atoms with Crippen LogP contribution in [0.5, 0.6) is 0 Å². The number of hydrogen-bond donors (Lipinski definition) is 0. The molecule has 0 bridgehead atoms. The molecule has 0 fully saturated rings. The van der Waals surface area contributed by atoms with Gasteiger partial charge in [-0.15, -0.1) is 0 Å². The van der Waals surface area contributed by atoms with E-state index in [0.717, 1.165) is 0 Å². The van der Waals surface area contributed by atoms with Crippen LogP contribution in [-0.4, -0.2) is 0 Å². The lowest BCUT2D eigenvalue weighted by Crippen LogP contribution is -1.93. The molecule has 1 rings (SSSR count). The Bertz CT molecular complexity index is 194. The van der Waals surface area contributed by atoms with Gasteiger partial charge in [0.05, 0.1) is 0 Å². The van der Waals surface area contributed by atoms with Crippen molar-refractivity contribution in [1.82, 2.24) is 0 Å². The summed E-state index contributed by atoms with van der Waals surface area (Å²) in [6, 6.07) is 0. The summed E-state index contributed by atoms with van der Waals surface area (Å²) in [5.41, 5.74) is 3.16. The average Bonchev–Trinajstić information content (AvgIpc) is 2.30. The van der Waals surface area contributed by atoms with Gasteiger partial charge < -0.3 is 0 Å². The molecule has 0 radical (unpaired) electrons. The van der Waals surface area contributed by atoms with E-state index in [2.05, 4.69) is 32.9 Å². The Morgan fingerprint density at radius 2 is 2.08 bits per heavy atom. The molecule has 1 aliphatic rings. The Balaban J connectivity index is 2.76. The Kier molecular flexibility index (Phi) is 3.58. The monoisotopic (exact) mass is 164 g/mol. The van der Waals surface area contributed by atoms with Gasteiger partial charge in [0.15, 0.2) is 0 Å². The third-order valence-corrected chi connectivity index (χ3v) is 2.76. The number of rotatable bonds is 1. The van der Waals surface area contributed by atoms with E-state index >= 15 is 0 Å². The SMILES string of the molecule is C/C(=C1\C=CCCCC1)C(C)C. The second-order valence-electron chi connectivity index (χ2n) is 4.01. The molecule has 0 heterocycles. The van der Waals surface area contributed by atoms with Gasteiger partial charge in [-0.1, -0.05) is 31.6 Å². The molecule has 1 aliphatic carbocycles. The molecule has 0 aliphatic heterocycles. The van der Waals surface area contributed by atoms with Crippen LogP contribution in [0.15, 0.2) is 23.3 Å². The molecule has 68 valence electrons. The van der Waals surface area contributed by atoms with Crippen molar-refractivity contribution in [2.45, 2.75) is 46.5 Å². The van der Waals surface area contributed by atoms with Gasteiger partial charge in [-0.2, -0.15) is 0 Å². The summed E-state index contributed by atoms with van der Waals surface area (Å²) in [6.07, 6.45) is 9.96. The Labute approximate surface area is 76.4 Å². The molecule has 0 aromatic carbocycles. The van der Waals surface area contributed by atoms with Crippen LogP contribution < -0.4 is 0 Å². The Hall–Kier alpha value is -0.520. The van der Waals surface area contributed by atoms with Crippen molar-refractivity contribution in [1.29, 1.82) is 0 Å². The molecule has 0 heteroatoms. The first-order valence-electron chi connectivity index (χ1n) is 5.08. The first-order valence-corrected chi connectivity index (χ1v) is 5.08. The molecule has 0 N–H and O–H groups in total. The molecule has 0 aromatic heterocycles. The minimum atomic E-state index is 0.711. The summed E-state index contributed by atoms with van der Waals surface area (Å²) < 4.78 is 0. The van der Waals surface area contributed by atoms with Gasteiger partial charge in [-0.3, -0.25) is 0 Å². The highest BCUT2D eigenvalue weighted by molar-refractivity contribution is 5.26. The van der Waals surface area contributed by atoms with Crippen LogP contribution in [0.1, 0.15) is 46.5 Å². The topological polar surface area (TPSA) is 0 Å². The molecule has 0 amide bonds. The van der Waals surface area contributed by atoms with Gasteiger partial charge >= 0.3 is 0 Å². The first-order chi connectivity index (χ1) is 5.72. The smallest absolute Gasteiger partial charge is 0.0257 e. The predicted octanol–water partition coefficient (Wildman–Crippen LogP) is 4.09. The van der Waals surface area contributed by atoms with E-state index < -0.39 is 0 Å². The molecule has 0 atom stereocenters. The summed E-state index contributed by atoms with van der Waals surface area (Å²) in [6.45, 7) is 6.83. The first kappa shape index (κ1) is 9.57. The fourth-order valence-electron chi connectivity index (χ4n) is 1.59. The van der Waals surface area contributed by atoms with Crippen LogP contribution in [0, 0.1) is 5.92 Å². The largest absolute Gasteiger partial charge is 0.0843 e. The van der Waals surface area contributed by atoms with Gasteiger partial charge in [-0.05, 0) is 44.1 Å². The van der Waals surface area contributed by atoms with E-state index in [4.69, 9.17) is 0 Å². The van der Waals surface area contributed by atoms with Crippen LogP contribution in [0.3, 0.4) is 0 Å². The zero-order valence-corrected chi connectivity index (χ0v) is 8.56. The fraction of sp³-hybridized carbons (Fsp3) is 0.667. The van der Waals surface area contributed by atoms with Gasteiger partial charge in [0.1, 0.15) is 0 Å². The highest BCUT2D eigenvalue weighted by Crippen LogP contribution is 2.23. The maximum atomic E-state index is 2.34. The summed E-state index contributed by atoms with van der Waals surface area (Å²) in [5, 5.41) is 0. The lowest BCUT2D eigenvalue weighted by molar-refractivity contribution is 0.724. The van der Waals surface area contributed by atoms with Crippen molar-refractivity contribution in [2.24, 2.45) is 5.92 Å². The molecular weight excluding hydrogens is 144 g/mol. The summed E-state index contributed by atoms with van der Waals surface area (Å²) in [7, 11) is 0. The molecular formula is C12H20. The standard InChI is InChI=1S/C12H20/c1-10(2)11(3)12-8-6-4-5-7-9-12/h6,8,10H,4-5,7,9H2,1-3H3/b12-11-. The molecule has 0 saturated heterocycles. The minimum Gasteiger partial charge on any atom is -0.0843 e. The maximum absolute atomic E-state index is 2.34. The van der Waals surface area contributed by atoms with Crippen LogP contribution in [-0.2, 0) is 0 Å². The highest BCUT2D eigenvalue weighted by atomic mass is 14.1. The number of allylic oxidation sites excluding steroid dienone is 4. The second-order valence-corrected chi connectivity index (χ2v) is 4.01. The summed E-state index contributed by atoms with van der Waals surface area (Å²) in [4.78, 5) is 0. The van der Waals surface area contributed by atoms with Gasteiger partial charge in [0.25, 0.3) is 0 Å². The van der Waals surface area contributed by atoms with Crippen molar-refractivity contribution in [2.75, 3.05) is 0 Å². The number of hydrogen-bond acceptors (Lipinski definition) is 0. The van der Waals surface area contributed by atoms with Gasteiger partial charge in [0, 0.05) is 0 Å². The van der Waals surface area contributed by atoms with Crippen molar-refractivity contribution < 1.29 is 0 Å². The third-order valence-electron chi connectivity index (χ3n) is 2.76. The average molecular weight is 164 g/mol. The van der Waals surface area contributed by atoms with Crippen molar-refractivity contribution in [3.63, 3.8) is 0 Å². The van der Waals surface area contributed by atoms with E-state index in [1.165, 1.54) is 25.7 Å². The fourth-order valence-corrected chi connectivity index (χ4v) is 1.59. The Morgan fingerprint density at radius 3 is 2.75 bits per heavy atom. The molecule has 0 spiro atoms. The molecule has 0 saturated carbocycles. The molecule has 0 nitrogen and oxygen atoms in total. The van der Waals surface area contributed by atoms with Crippen molar-refractivity contribution >= 4 is 0 Å². The van der Waals surface area contributed by atoms with Gasteiger partial charge in [0.2, 0.25) is 0 Å². The highest BCUT2D eigenvalue weighted by Gasteiger charge is 2.05. The zero-order valence-electron chi connectivity index (χ0n) is 8.56. The normalized spacial score (nSPS) is 22.7. The maximum Gasteiger partial charge on any atom is -0.0257 e. The van der Waals surface area contributed by atoms with Crippen LogP contribution >= 0.6 is 0 Å². The molecule has 0 aromatic rings. The van der Waals surface area contributed by atoms with Crippen LogP contribution in [0.25, 0.3) is 0 Å².